The molecular weight excluding hydrogens is 576 g/mol. The second kappa shape index (κ2) is 22.0. The van der Waals surface area contributed by atoms with E-state index in [1.54, 1.807) is 75.9 Å². The Bertz CT molecular complexity index is 1090. The summed E-state index contributed by atoms with van der Waals surface area (Å²) in [7, 11) is 3.51. The van der Waals surface area contributed by atoms with Gasteiger partial charge in [0.1, 0.15) is 6.10 Å². The number of nitrogens with zero attached hydrogens (tertiary/aromatic N) is 2. The average Bonchev–Trinajstić information content (AvgIpc) is 2.96. The zero-order valence-corrected chi connectivity index (χ0v) is 27.2. The molecule has 4 unspecified atom stereocenters. The van der Waals surface area contributed by atoms with Crippen LogP contribution < -0.4 is 0 Å². The largest absolute Gasteiger partial charge is 0.508 e. The van der Waals surface area contributed by atoms with Crippen LogP contribution in [0.2, 0.25) is 0 Å². The number of carbonyl (C=O) groups is 4. The maximum Gasteiger partial charge on any atom is 0.508 e. The first-order valence-corrected chi connectivity index (χ1v) is 14.6. The molecule has 1 N–H and O–H groups in total. The Morgan fingerprint density at radius 3 is 1.44 bits per heavy atom. The van der Waals surface area contributed by atoms with Crippen molar-refractivity contribution in [1.82, 2.24) is 9.80 Å². The van der Waals surface area contributed by atoms with Crippen LogP contribution in [-0.2, 0) is 14.2 Å². The second-order valence-corrected chi connectivity index (χ2v) is 10.2. The molecule has 4 atom stereocenters. The van der Waals surface area contributed by atoms with Gasteiger partial charge in [-0.1, -0.05) is 36.4 Å². The van der Waals surface area contributed by atoms with Crippen LogP contribution in [0.4, 0.5) is 9.59 Å². The lowest BCUT2D eigenvalue weighted by Crippen LogP contribution is -2.37. The van der Waals surface area contributed by atoms with Gasteiger partial charge >= 0.3 is 11.6 Å². The van der Waals surface area contributed by atoms with Gasteiger partial charge in [0, 0.05) is 55.3 Å². The third-order valence-corrected chi connectivity index (χ3v) is 6.29. The smallest absolute Gasteiger partial charge is 0.454 e. The number of carbonyl (C=O) groups excluding carboxylic acids is 4. The standard InChI is InChI=1S/C16H23NO4.C13H19NO2.C3H5ClO2/c1-5-20-16(19)21-13(3)11-12(2)17(4)15(18)14-9-7-6-8-10-14;1-10(9-11(2)15)14(3)13(16)12-7-5-4-6-8-12;1-2-6-3(4)5/h6-10,12-13H,5,11H2,1-4H3;4-8,10-11,15H,9H2,1-3H3;2H2,1H3. The summed E-state index contributed by atoms with van der Waals surface area (Å²) in [5.74, 6) is -0.0554. The Kier molecular flexibility index (Phi) is 20.1. The lowest BCUT2D eigenvalue weighted by molar-refractivity contribution is 0.0219. The van der Waals surface area contributed by atoms with Gasteiger partial charge in [0.25, 0.3) is 11.8 Å². The molecule has 240 valence electrons. The van der Waals surface area contributed by atoms with Crippen LogP contribution in [0.5, 0.6) is 0 Å². The Labute approximate surface area is 260 Å². The topological polar surface area (TPSA) is 123 Å². The summed E-state index contributed by atoms with van der Waals surface area (Å²) in [5, 5.41) is 9.29. The van der Waals surface area contributed by atoms with E-state index in [1.165, 1.54) is 0 Å². The molecule has 0 fully saturated rings. The number of hydrogen-bond donors (Lipinski definition) is 1. The van der Waals surface area contributed by atoms with E-state index in [9.17, 15) is 24.3 Å². The summed E-state index contributed by atoms with van der Waals surface area (Å²) in [6.07, 6.45) is -0.233. The SMILES string of the molecule is CC(O)CC(C)N(C)C(=O)c1ccccc1.CCOC(=O)Cl.CCOC(=O)OC(C)CC(C)N(C)C(=O)c1ccccc1. The first-order chi connectivity index (χ1) is 20.2. The van der Waals surface area contributed by atoms with Crippen LogP contribution in [0, 0.1) is 0 Å². The van der Waals surface area contributed by atoms with Crippen molar-refractivity contribution < 1.29 is 38.5 Å². The van der Waals surface area contributed by atoms with Crippen LogP contribution >= 0.6 is 11.6 Å². The number of halogens is 1. The minimum absolute atomic E-state index is 0.00579. The number of ether oxygens (including phenoxy) is 3. The van der Waals surface area contributed by atoms with Gasteiger partial charge in [0.15, 0.2) is 0 Å². The van der Waals surface area contributed by atoms with E-state index < -0.39 is 11.6 Å². The van der Waals surface area contributed by atoms with Crippen LogP contribution in [0.1, 0.15) is 75.1 Å². The normalized spacial score (nSPS) is 12.8. The van der Waals surface area contributed by atoms with Gasteiger partial charge in [-0.05, 0) is 72.2 Å². The van der Waals surface area contributed by atoms with Crippen molar-refractivity contribution in [3.63, 3.8) is 0 Å². The fraction of sp³-hybridized carbons (Fsp3) is 0.500. The fourth-order valence-corrected chi connectivity index (χ4v) is 3.85. The van der Waals surface area contributed by atoms with E-state index in [1.807, 2.05) is 50.2 Å². The molecule has 0 saturated heterocycles. The average molecular weight is 623 g/mol. The van der Waals surface area contributed by atoms with Crippen LogP contribution in [0.25, 0.3) is 0 Å². The van der Waals surface area contributed by atoms with E-state index >= 15 is 0 Å². The molecule has 2 rings (SSSR count). The highest BCUT2D eigenvalue weighted by Gasteiger charge is 2.21. The Morgan fingerprint density at radius 2 is 1.12 bits per heavy atom. The Morgan fingerprint density at radius 1 is 0.721 bits per heavy atom. The third kappa shape index (κ3) is 17.2. The molecule has 0 aliphatic rings. The molecule has 43 heavy (non-hydrogen) atoms. The van der Waals surface area contributed by atoms with Crippen LogP contribution in [-0.4, -0.2) is 89.9 Å². The van der Waals surface area contributed by atoms with E-state index in [4.69, 9.17) is 21.1 Å². The molecule has 0 aliphatic heterocycles. The number of benzene rings is 2. The summed E-state index contributed by atoms with van der Waals surface area (Å²) in [6, 6.07) is 18.3. The van der Waals surface area contributed by atoms with E-state index in [-0.39, 0.29) is 42.7 Å². The first-order valence-electron chi connectivity index (χ1n) is 14.2. The van der Waals surface area contributed by atoms with Crippen molar-refractivity contribution in [3.05, 3.63) is 71.8 Å². The van der Waals surface area contributed by atoms with E-state index in [2.05, 4.69) is 4.74 Å². The molecule has 0 spiro atoms. The van der Waals surface area contributed by atoms with Crippen molar-refractivity contribution in [2.24, 2.45) is 0 Å². The zero-order chi connectivity index (χ0) is 32.9. The maximum atomic E-state index is 12.3. The van der Waals surface area contributed by atoms with Crippen LogP contribution in [0.15, 0.2) is 60.7 Å². The van der Waals surface area contributed by atoms with Gasteiger partial charge in [0.2, 0.25) is 0 Å². The van der Waals surface area contributed by atoms with Crippen molar-refractivity contribution in [1.29, 1.82) is 0 Å². The highest BCUT2D eigenvalue weighted by atomic mass is 35.5. The summed E-state index contributed by atoms with van der Waals surface area (Å²) in [6.45, 7) is 11.4. The van der Waals surface area contributed by atoms with Crippen molar-refractivity contribution in [2.45, 2.75) is 78.7 Å². The van der Waals surface area contributed by atoms with Crippen molar-refractivity contribution in [2.75, 3.05) is 27.3 Å². The molecule has 2 aromatic carbocycles. The molecular formula is C32H47ClN2O8. The highest BCUT2D eigenvalue weighted by Crippen LogP contribution is 2.13. The van der Waals surface area contributed by atoms with Crippen molar-refractivity contribution >= 4 is 35.0 Å². The molecule has 0 heterocycles. The molecule has 2 amide bonds. The highest BCUT2D eigenvalue weighted by molar-refractivity contribution is 6.61. The fourth-order valence-electron chi connectivity index (χ4n) is 3.74. The maximum absolute atomic E-state index is 12.3. The number of aliphatic hydroxyl groups excluding tert-OH is 1. The van der Waals surface area contributed by atoms with Gasteiger partial charge < -0.3 is 29.1 Å². The molecule has 0 saturated carbocycles. The van der Waals surface area contributed by atoms with Gasteiger partial charge in [-0.15, -0.1) is 0 Å². The molecule has 0 bridgehead atoms. The van der Waals surface area contributed by atoms with Gasteiger partial charge in [-0.25, -0.2) is 9.59 Å². The molecule has 0 radical (unpaired) electrons. The number of hydrogen-bond acceptors (Lipinski definition) is 8. The van der Waals surface area contributed by atoms with E-state index in [0.717, 1.165) is 0 Å². The zero-order valence-electron chi connectivity index (χ0n) is 26.5. The summed E-state index contributed by atoms with van der Waals surface area (Å²) in [5.41, 5.74) is 0.589. The second-order valence-electron chi connectivity index (χ2n) is 9.86. The monoisotopic (exact) mass is 622 g/mol. The predicted molar refractivity (Wildman–Crippen MR) is 167 cm³/mol. The summed E-state index contributed by atoms with van der Waals surface area (Å²) in [4.78, 5) is 48.4. The van der Waals surface area contributed by atoms with Gasteiger partial charge in [-0.3, -0.25) is 9.59 Å². The molecule has 2 aromatic rings. The first kappa shape index (κ1) is 39.4. The number of rotatable bonds is 11. The lowest BCUT2D eigenvalue weighted by Gasteiger charge is -2.27. The number of amides is 2. The number of aliphatic hydroxyl groups is 1. The minimum Gasteiger partial charge on any atom is -0.454 e. The molecule has 0 aromatic heterocycles. The summed E-state index contributed by atoms with van der Waals surface area (Å²) < 4.78 is 14.0. The van der Waals surface area contributed by atoms with Crippen LogP contribution in [0.3, 0.4) is 0 Å². The molecule has 0 aliphatic carbocycles. The Balaban J connectivity index is 0.000000707. The minimum atomic E-state index is -0.738. The molecule has 10 nitrogen and oxygen atoms in total. The lowest BCUT2D eigenvalue weighted by atomic mass is 10.1. The molecule has 11 heteroatoms. The third-order valence-electron chi connectivity index (χ3n) is 6.18. The Hall–Kier alpha value is -3.63. The van der Waals surface area contributed by atoms with Gasteiger partial charge in [-0.2, -0.15) is 0 Å². The predicted octanol–water partition coefficient (Wildman–Crippen LogP) is 6.40. The van der Waals surface area contributed by atoms with E-state index in [0.29, 0.717) is 30.6 Å². The van der Waals surface area contributed by atoms with Crippen molar-refractivity contribution in [3.8, 4) is 0 Å². The van der Waals surface area contributed by atoms with Gasteiger partial charge in [0.05, 0.1) is 19.3 Å². The summed E-state index contributed by atoms with van der Waals surface area (Å²) >= 11 is 4.72. The quantitative estimate of drug-likeness (QED) is 0.226.